The SMILES string of the molecule is O=C(NCCCN1C(=O)c2ccccc2C1=O)Nc1cccnc1Cl. The molecule has 2 N–H and O–H groups in total. The van der Waals surface area contributed by atoms with E-state index in [4.69, 9.17) is 11.6 Å². The van der Waals surface area contributed by atoms with Crippen LogP contribution in [0.3, 0.4) is 0 Å². The highest BCUT2D eigenvalue weighted by atomic mass is 35.5. The molecule has 8 heteroatoms. The smallest absolute Gasteiger partial charge is 0.319 e. The first kappa shape index (κ1) is 16.9. The second-order valence-corrected chi connectivity index (χ2v) is 5.74. The Kier molecular flexibility index (Phi) is 4.95. The molecule has 128 valence electrons. The maximum Gasteiger partial charge on any atom is 0.319 e. The standard InChI is InChI=1S/C17H15ClN4O3/c18-14-13(7-3-8-19-14)21-17(25)20-9-4-10-22-15(23)11-5-1-2-6-12(11)16(22)24/h1-3,5-8H,4,9-10H2,(H2,20,21,25). The van der Waals surface area contributed by atoms with Crippen molar-refractivity contribution in [1.82, 2.24) is 15.2 Å². The number of imide groups is 1. The van der Waals surface area contributed by atoms with E-state index in [0.717, 1.165) is 0 Å². The van der Waals surface area contributed by atoms with E-state index in [1.54, 1.807) is 36.4 Å². The Bertz CT molecular complexity index is 805. The number of benzene rings is 1. The summed E-state index contributed by atoms with van der Waals surface area (Å²) in [4.78, 5) is 41.3. The van der Waals surface area contributed by atoms with Crippen molar-refractivity contribution in [3.63, 3.8) is 0 Å². The first-order chi connectivity index (χ1) is 12.1. The number of anilines is 1. The van der Waals surface area contributed by atoms with Crippen LogP contribution in [0.2, 0.25) is 5.15 Å². The molecule has 0 fully saturated rings. The van der Waals surface area contributed by atoms with Crippen LogP contribution >= 0.6 is 11.6 Å². The number of nitrogens with zero attached hydrogens (tertiary/aromatic N) is 2. The molecular weight excluding hydrogens is 344 g/mol. The van der Waals surface area contributed by atoms with E-state index in [0.29, 0.717) is 29.8 Å². The van der Waals surface area contributed by atoms with Crippen LogP contribution in [0.25, 0.3) is 0 Å². The monoisotopic (exact) mass is 358 g/mol. The molecule has 3 rings (SSSR count). The molecule has 0 saturated heterocycles. The third kappa shape index (κ3) is 3.61. The average Bonchev–Trinajstić information content (AvgIpc) is 2.86. The quantitative estimate of drug-likeness (QED) is 0.488. The molecule has 2 heterocycles. The van der Waals surface area contributed by atoms with Crippen LogP contribution in [-0.4, -0.2) is 40.8 Å². The predicted octanol–water partition coefficient (Wildman–Crippen LogP) is 2.54. The van der Waals surface area contributed by atoms with E-state index in [1.807, 2.05) is 0 Å². The summed E-state index contributed by atoms with van der Waals surface area (Å²) in [6, 6.07) is 9.58. The van der Waals surface area contributed by atoms with Gasteiger partial charge in [-0.25, -0.2) is 9.78 Å². The van der Waals surface area contributed by atoms with Crippen molar-refractivity contribution >= 4 is 35.1 Å². The van der Waals surface area contributed by atoms with Gasteiger partial charge < -0.3 is 10.6 Å². The highest BCUT2D eigenvalue weighted by Gasteiger charge is 2.34. The summed E-state index contributed by atoms with van der Waals surface area (Å²) in [6.45, 7) is 0.539. The van der Waals surface area contributed by atoms with Gasteiger partial charge in [-0.3, -0.25) is 14.5 Å². The molecule has 0 aliphatic carbocycles. The summed E-state index contributed by atoms with van der Waals surface area (Å²) < 4.78 is 0. The van der Waals surface area contributed by atoms with Gasteiger partial charge in [0.25, 0.3) is 11.8 Å². The first-order valence-electron chi connectivity index (χ1n) is 7.68. The third-order valence-corrected chi connectivity index (χ3v) is 4.03. The van der Waals surface area contributed by atoms with E-state index in [9.17, 15) is 14.4 Å². The summed E-state index contributed by atoms with van der Waals surface area (Å²) in [6.07, 6.45) is 1.97. The van der Waals surface area contributed by atoms with Crippen LogP contribution in [0.5, 0.6) is 0 Å². The molecule has 0 unspecified atom stereocenters. The third-order valence-electron chi connectivity index (χ3n) is 3.73. The molecule has 4 amide bonds. The van der Waals surface area contributed by atoms with Gasteiger partial charge >= 0.3 is 6.03 Å². The molecule has 0 radical (unpaired) electrons. The van der Waals surface area contributed by atoms with Gasteiger partial charge in [-0.1, -0.05) is 23.7 Å². The number of urea groups is 1. The Balaban J connectivity index is 1.46. The molecule has 1 aromatic carbocycles. The van der Waals surface area contributed by atoms with Crippen LogP contribution in [0.1, 0.15) is 27.1 Å². The van der Waals surface area contributed by atoms with Crippen molar-refractivity contribution in [2.45, 2.75) is 6.42 Å². The van der Waals surface area contributed by atoms with Gasteiger partial charge in [0.1, 0.15) is 0 Å². The number of nitrogens with one attached hydrogen (secondary N) is 2. The Labute approximate surface area is 149 Å². The minimum Gasteiger partial charge on any atom is -0.338 e. The molecule has 1 aliphatic heterocycles. The van der Waals surface area contributed by atoms with E-state index >= 15 is 0 Å². The van der Waals surface area contributed by atoms with Crippen LogP contribution in [-0.2, 0) is 0 Å². The molecule has 2 aromatic rings. The zero-order valence-corrected chi connectivity index (χ0v) is 13.9. The lowest BCUT2D eigenvalue weighted by atomic mass is 10.1. The Morgan fingerprint density at radius 1 is 1.08 bits per heavy atom. The first-order valence-corrected chi connectivity index (χ1v) is 8.06. The van der Waals surface area contributed by atoms with Crippen LogP contribution < -0.4 is 10.6 Å². The van der Waals surface area contributed by atoms with Crippen LogP contribution in [0.4, 0.5) is 10.5 Å². The minimum absolute atomic E-state index is 0.198. The number of carbonyl (C=O) groups is 3. The molecular formula is C17H15ClN4O3. The normalized spacial score (nSPS) is 12.9. The summed E-state index contributed by atoms with van der Waals surface area (Å²) in [7, 11) is 0. The number of rotatable bonds is 5. The lowest BCUT2D eigenvalue weighted by molar-refractivity contribution is 0.0653. The summed E-state index contributed by atoms with van der Waals surface area (Å²) in [5.74, 6) is -0.598. The highest BCUT2D eigenvalue weighted by Crippen LogP contribution is 2.22. The van der Waals surface area contributed by atoms with Crippen molar-refractivity contribution < 1.29 is 14.4 Å². The number of fused-ring (bicyclic) bond motifs is 1. The average molecular weight is 359 g/mol. The van der Waals surface area contributed by atoms with Gasteiger partial charge in [-0.15, -0.1) is 0 Å². The van der Waals surface area contributed by atoms with E-state index in [-0.39, 0.29) is 23.5 Å². The van der Waals surface area contributed by atoms with Gasteiger partial charge in [-0.2, -0.15) is 0 Å². The van der Waals surface area contributed by atoms with Crippen molar-refractivity contribution in [2.24, 2.45) is 0 Å². The second-order valence-electron chi connectivity index (χ2n) is 5.38. The fourth-order valence-corrected chi connectivity index (χ4v) is 2.69. The Morgan fingerprint density at radius 2 is 1.76 bits per heavy atom. The summed E-state index contributed by atoms with van der Waals surface area (Å²) >= 11 is 5.86. The minimum atomic E-state index is -0.433. The van der Waals surface area contributed by atoms with Crippen molar-refractivity contribution in [3.05, 3.63) is 58.9 Å². The predicted molar refractivity (Wildman–Crippen MR) is 92.7 cm³/mol. The molecule has 25 heavy (non-hydrogen) atoms. The van der Waals surface area contributed by atoms with Crippen molar-refractivity contribution in [3.8, 4) is 0 Å². The van der Waals surface area contributed by atoms with Crippen molar-refractivity contribution in [2.75, 3.05) is 18.4 Å². The zero-order valence-electron chi connectivity index (χ0n) is 13.2. The largest absolute Gasteiger partial charge is 0.338 e. The number of pyridine rings is 1. The Morgan fingerprint density at radius 3 is 2.40 bits per heavy atom. The molecule has 7 nitrogen and oxygen atoms in total. The molecule has 1 aliphatic rings. The molecule has 1 aromatic heterocycles. The van der Waals surface area contributed by atoms with Gasteiger partial charge in [0.05, 0.1) is 16.8 Å². The van der Waals surface area contributed by atoms with Gasteiger partial charge in [-0.05, 0) is 30.7 Å². The van der Waals surface area contributed by atoms with Crippen LogP contribution in [0, 0.1) is 0 Å². The number of hydrogen-bond donors (Lipinski definition) is 2. The lowest BCUT2D eigenvalue weighted by Crippen LogP contribution is -2.35. The molecule has 0 bridgehead atoms. The number of carbonyl (C=O) groups excluding carboxylic acids is 3. The highest BCUT2D eigenvalue weighted by molar-refractivity contribution is 6.32. The van der Waals surface area contributed by atoms with E-state index in [2.05, 4.69) is 15.6 Å². The van der Waals surface area contributed by atoms with Crippen LogP contribution in [0.15, 0.2) is 42.6 Å². The number of aromatic nitrogens is 1. The maximum atomic E-state index is 12.2. The van der Waals surface area contributed by atoms with Gasteiger partial charge in [0, 0.05) is 19.3 Å². The summed E-state index contributed by atoms with van der Waals surface area (Å²) in [5.41, 5.74) is 1.25. The van der Waals surface area contributed by atoms with Gasteiger partial charge in [0.2, 0.25) is 0 Å². The molecule has 0 spiro atoms. The second kappa shape index (κ2) is 7.31. The van der Waals surface area contributed by atoms with E-state index in [1.165, 1.54) is 11.1 Å². The van der Waals surface area contributed by atoms with Gasteiger partial charge in [0.15, 0.2) is 5.15 Å². The number of hydrogen-bond acceptors (Lipinski definition) is 4. The topological polar surface area (TPSA) is 91.4 Å². The van der Waals surface area contributed by atoms with E-state index < -0.39 is 6.03 Å². The summed E-state index contributed by atoms with van der Waals surface area (Å²) in [5, 5.41) is 5.42. The number of amides is 4. The zero-order chi connectivity index (χ0) is 17.8. The molecule has 0 saturated carbocycles. The number of halogens is 1. The van der Waals surface area contributed by atoms with Crippen molar-refractivity contribution in [1.29, 1.82) is 0 Å². The fourth-order valence-electron chi connectivity index (χ4n) is 2.53. The fraction of sp³-hybridized carbons (Fsp3) is 0.176. The lowest BCUT2D eigenvalue weighted by Gasteiger charge is -2.14. The Hall–Kier alpha value is -2.93. The maximum absolute atomic E-state index is 12.2. The molecule has 0 atom stereocenters.